The van der Waals surface area contributed by atoms with Crippen LogP contribution in [0.5, 0.6) is 0 Å². The molecule has 5 nitrogen and oxygen atoms in total. The first-order valence-electron chi connectivity index (χ1n) is 13.8. The van der Waals surface area contributed by atoms with Crippen molar-refractivity contribution in [3.05, 3.63) is 11.6 Å². The zero-order valence-corrected chi connectivity index (χ0v) is 22.9. The molecule has 0 heterocycles. The summed E-state index contributed by atoms with van der Waals surface area (Å²) >= 11 is 0. The summed E-state index contributed by atoms with van der Waals surface area (Å²) in [4.78, 5) is 38.1. The summed E-state index contributed by atoms with van der Waals surface area (Å²) in [5.74, 6) is 0.0453. The normalized spacial score (nSPS) is 45.1. The Kier molecular flexibility index (Phi) is 6.69. The minimum absolute atomic E-state index is 0.000671. The lowest BCUT2D eigenvalue weighted by Crippen LogP contribution is -2.67. The highest BCUT2D eigenvalue weighted by Crippen LogP contribution is 2.73. The van der Waals surface area contributed by atoms with E-state index in [2.05, 4.69) is 34.6 Å². The fourth-order valence-electron chi connectivity index (χ4n) is 9.90. The fraction of sp³-hybridized carbons (Fsp3) is 0.833. The lowest BCUT2D eigenvalue weighted by Gasteiger charge is -2.70. The highest BCUT2D eigenvalue weighted by Gasteiger charge is 2.69. The number of fused-ring (bicyclic) bond motifs is 5. The molecule has 0 aromatic carbocycles. The van der Waals surface area contributed by atoms with E-state index in [4.69, 9.17) is 4.74 Å². The van der Waals surface area contributed by atoms with Gasteiger partial charge in [0.15, 0.2) is 5.78 Å². The molecule has 4 aliphatic rings. The third-order valence-electron chi connectivity index (χ3n) is 11.4. The minimum Gasteiger partial charge on any atom is -0.462 e. The molecule has 4 aliphatic carbocycles. The fourth-order valence-corrected chi connectivity index (χ4v) is 9.90. The van der Waals surface area contributed by atoms with Crippen molar-refractivity contribution >= 4 is 18.0 Å². The Balaban J connectivity index is 1.83. The summed E-state index contributed by atoms with van der Waals surface area (Å²) in [5, 5.41) is 9.83. The topological polar surface area (TPSA) is 80.7 Å². The second kappa shape index (κ2) is 8.82. The molecule has 0 amide bonds. The number of allylic oxidation sites excluding steroid dienone is 2. The third kappa shape index (κ3) is 3.95. The van der Waals surface area contributed by atoms with Crippen molar-refractivity contribution in [2.45, 2.75) is 112 Å². The highest BCUT2D eigenvalue weighted by atomic mass is 16.5. The van der Waals surface area contributed by atoms with Gasteiger partial charge in [-0.3, -0.25) is 9.59 Å². The van der Waals surface area contributed by atoms with Crippen molar-refractivity contribution < 1.29 is 24.2 Å². The number of ketones is 1. The van der Waals surface area contributed by atoms with E-state index in [9.17, 15) is 19.5 Å². The molecule has 0 aromatic rings. The van der Waals surface area contributed by atoms with Crippen molar-refractivity contribution in [3.63, 3.8) is 0 Å². The number of ether oxygens (including phenoxy) is 1. The predicted octanol–water partition coefficient (Wildman–Crippen LogP) is 5.68. The van der Waals surface area contributed by atoms with Gasteiger partial charge < -0.3 is 14.6 Å². The quantitative estimate of drug-likeness (QED) is 0.399. The minimum atomic E-state index is -0.781. The van der Waals surface area contributed by atoms with Crippen LogP contribution < -0.4 is 0 Å². The lowest BCUT2D eigenvalue weighted by atomic mass is 9.34. The maximum atomic E-state index is 12.9. The van der Waals surface area contributed by atoms with Crippen LogP contribution in [0, 0.1) is 45.3 Å². The van der Waals surface area contributed by atoms with Crippen LogP contribution >= 0.6 is 0 Å². The number of aliphatic hydroxyl groups excluding tert-OH is 1. The van der Waals surface area contributed by atoms with Gasteiger partial charge in [-0.1, -0.05) is 47.1 Å². The van der Waals surface area contributed by atoms with Gasteiger partial charge in [0.05, 0.1) is 18.4 Å². The molecular formula is C30H46O5. The predicted molar refractivity (Wildman–Crippen MR) is 135 cm³/mol. The number of rotatable bonds is 5. The van der Waals surface area contributed by atoms with Crippen molar-refractivity contribution in [2.75, 3.05) is 0 Å². The number of Topliss-reactive ketones (excluding diaryl/α,β-unsaturated/α-hetero) is 1. The van der Waals surface area contributed by atoms with Crippen molar-refractivity contribution in [2.24, 2.45) is 45.3 Å². The summed E-state index contributed by atoms with van der Waals surface area (Å²) in [5.41, 5.74) is 0.348. The maximum absolute atomic E-state index is 12.9. The average molecular weight is 487 g/mol. The number of carbonyl (C=O) groups excluding carboxylic acids is 3. The van der Waals surface area contributed by atoms with Gasteiger partial charge in [-0.25, -0.2) is 0 Å². The van der Waals surface area contributed by atoms with Crippen molar-refractivity contribution in [1.82, 2.24) is 0 Å². The second-order valence-electron chi connectivity index (χ2n) is 13.7. The highest BCUT2D eigenvalue weighted by molar-refractivity contribution is 5.97. The van der Waals surface area contributed by atoms with Gasteiger partial charge >= 0.3 is 5.97 Å². The van der Waals surface area contributed by atoms with Crippen molar-refractivity contribution in [3.8, 4) is 0 Å². The first kappa shape index (κ1) is 26.6. The summed E-state index contributed by atoms with van der Waals surface area (Å²) in [6.07, 6.45) is 9.02. The summed E-state index contributed by atoms with van der Waals surface area (Å²) in [6.45, 7) is 15.0. The summed E-state index contributed by atoms with van der Waals surface area (Å²) in [6, 6.07) is 0. The van der Waals surface area contributed by atoms with E-state index in [1.807, 2.05) is 6.08 Å². The molecule has 4 rings (SSSR count). The van der Waals surface area contributed by atoms with E-state index < -0.39 is 29.5 Å². The van der Waals surface area contributed by atoms with Gasteiger partial charge in [-0.2, -0.15) is 0 Å². The summed E-state index contributed by atoms with van der Waals surface area (Å²) < 4.78 is 6.21. The van der Waals surface area contributed by atoms with Crippen LogP contribution in [0.4, 0.5) is 0 Å². The number of esters is 1. The van der Waals surface area contributed by atoms with Gasteiger partial charge in [-0.05, 0) is 86.4 Å². The number of hydrogen-bond acceptors (Lipinski definition) is 5. The van der Waals surface area contributed by atoms with Crippen molar-refractivity contribution in [1.29, 1.82) is 0 Å². The Morgan fingerprint density at radius 1 is 1.09 bits per heavy atom. The van der Waals surface area contributed by atoms with E-state index in [1.54, 1.807) is 6.92 Å². The Hall–Kier alpha value is -1.49. The molecule has 5 heteroatoms. The number of aldehydes is 1. The average Bonchev–Trinajstić information content (AvgIpc) is 2.73. The van der Waals surface area contributed by atoms with Gasteiger partial charge in [0.2, 0.25) is 0 Å². The largest absolute Gasteiger partial charge is 0.462 e. The number of hydrogen-bond donors (Lipinski definition) is 1. The molecule has 9 atom stereocenters. The third-order valence-corrected chi connectivity index (χ3v) is 11.4. The molecule has 196 valence electrons. The van der Waals surface area contributed by atoms with Crippen LogP contribution in [0.2, 0.25) is 0 Å². The molecule has 35 heavy (non-hydrogen) atoms. The lowest BCUT2D eigenvalue weighted by molar-refractivity contribution is -0.239. The molecule has 0 aliphatic heterocycles. The molecule has 1 N–H and O–H groups in total. The zero-order valence-electron chi connectivity index (χ0n) is 22.9. The van der Waals surface area contributed by atoms with Crippen LogP contribution in [0.3, 0.4) is 0 Å². The molecule has 0 radical (unpaired) electrons. The van der Waals surface area contributed by atoms with Crippen LogP contribution in [0.1, 0.15) is 99.8 Å². The molecule has 0 bridgehead atoms. The first-order chi connectivity index (χ1) is 16.2. The standard InChI is InChI=1S/C30H46O5/c1-18(32)15-26(34)35-25-16-24-28(5)13-8-12-27(3,4)22(28)11-14-29(24,6)23-10-9-20(19(2)33)21(17-31)30(23,25)7/h9,17-18,21-25,32H,8,10-16H2,1-7H3/t18?,21?,22-,23-,24+,25+,28-,29-,30+/m0/s1. The molecule has 0 aromatic heterocycles. The Labute approximate surface area is 211 Å². The zero-order chi connectivity index (χ0) is 26.0. The Morgan fingerprint density at radius 3 is 2.34 bits per heavy atom. The smallest absolute Gasteiger partial charge is 0.308 e. The van der Waals surface area contributed by atoms with E-state index in [1.165, 1.54) is 32.6 Å². The monoisotopic (exact) mass is 486 g/mol. The van der Waals surface area contributed by atoms with Crippen LogP contribution in [0.15, 0.2) is 11.6 Å². The van der Waals surface area contributed by atoms with E-state index in [0.29, 0.717) is 23.8 Å². The molecule has 0 saturated heterocycles. The number of carbonyl (C=O) groups is 3. The SMILES string of the molecule is CC(=O)C1=CC[C@H]2[C@]3(C)CC[C@H]4C(C)(C)CCC[C@]4(C)[C@H]3C[C@@H](OC(=O)CC(C)O)[C@]2(C)C1C=O. The van der Waals surface area contributed by atoms with Gasteiger partial charge in [0.1, 0.15) is 12.4 Å². The summed E-state index contributed by atoms with van der Waals surface area (Å²) in [7, 11) is 0. The molecule has 3 fully saturated rings. The van der Waals surface area contributed by atoms with E-state index in [0.717, 1.165) is 19.1 Å². The van der Waals surface area contributed by atoms with E-state index >= 15 is 0 Å². The Morgan fingerprint density at radius 2 is 1.74 bits per heavy atom. The Bertz CT molecular complexity index is 918. The van der Waals surface area contributed by atoms with Crippen LogP contribution in [-0.2, 0) is 19.1 Å². The number of aliphatic hydroxyl groups is 1. The molecule has 2 unspecified atom stereocenters. The van der Waals surface area contributed by atoms with Gasteiger partial charge in [0.25, 0.3) is 0 Å². The van der Waals surface area contributed by atoms with E-state index in [-0.39, 0.29) is 34.4 Å². The molecular weight excluding hydrogens is 440 g/mol. The van der Waals surface area contributed by atoms with Crippen LogP contribution in [-0.4, -0.2) is 35.4 Å². The molecule has 0 spiro atoms. The maximum Gasteiger partial charge on any atom is 0.308 e. The molecule has 3 saturated carbocycles. The van der Waals surface area contributed by atoms with Gasteiger partial charge in [-0.15, -0.1) is 0 Å². The second-order valence-corrected chi connectivity index (χ2v) is 13.7. The first-order valence-corrected chi connectivity index (χ1v) is 13.8. The van der Waals surface area contributed by atoms with Gasteiger partial charge in [0, 0.05) is 11.0 Å². The van der Waals surface area contributed by atoms with Crippen LogP contribution in [0.25, 0.3) is 0 Å².